The number of hydrogen-bond acceptors (Lipinski definition) is 3. The van der Waals surface area contributed by atoms with E-state index in [0.717, 1.165) is 48.4 Å². The Morgan fingerprint density at radius 2 is 2.03 bits per heavy atom. The summed E-state index contributed by atoms with van der Waals surface area (Å²) in [5.74, 6) is -0.927. The van der Waals surface area contributed by atoms with Crippen LogP contribution in [0.25, 0.3) is 11.0 Å². The number of rotatable bonds is 5. The molecule has 0 saturated carbocycles. The average Bonchev–Trinajstić information content (AvgIpc) is 3.08. The van der Waals surface area contributed by atoms with Gasteiger partial charge in [0.2, 0.25) is 5.91 Å². The maximum atomic E-state index is 13.9. The number of para-hydroxylation sites is 2. The normalized spacial score (nSPS) is 17.6. The second kappa shape index (κ2) is 8.52. The van der Waals surface area contributed by atoms with Gasteiger partial charge in [0.25, 0.3) is 0 Å². The molecule has 1 atom stereocenters. The molecular weight excluding hydrogens is 386 g/mol. The summed E-state index contributed by atoms with van der Waals surface area (Å²) in [4.78, 5) is 19.8. The number of carbonyl (C=O) groups is 1. The van der Waals surface area contributed by atoms with Crippen molar-refractivity contribution >= 4 is 22.6 Å². The summed E-state index contributed by atoms with van der Waals surface area (Å²) in [6.07, 6.45) is 1.62. The Morgan fingerprint density at radius 1 is 1.23 bits per heavy atom. The van der Waals surface area contributed by atoms with Gasteiger partial charge < -0.3 is 9.88 Å². The fraction of sp³-hybridized carbons (Fsp3) is 0.391. The lowest BCUT2D eigenvalue weighted by Crippen LogP contribution is -2.40. The van der Waals surface area contributed by atoms with E-state index in [-0.39, 0.29) is 23.6 Å². The molecule has 0 bridgehead atoms. The zero-order valence-corrected chi connectivity index (χ0v) is 17.2. The van der Waals surface area contributed by atoms with Gasteiger partial charge in [-0.05, 0) is 57.5 Å². The van der Waals surface area contributed by atoms with Crippen LogP contribution in [-0.4, -0.2) is 33.4 Å². The molecule has 1 aliphatic rings. The van der Waals surface area contributed by atoms with E-state index in [0.29, 0.717) is 13.1 Å². The number of aromatic nitrogens is 2. The molecule has 1 N–H and O–H groups in total. The van der Waals surface area contributed by atoms with Crippen LogP contribution in [0.5, 0.6) is 0 Å². The number of carbonyl (C=O) groups excluding carboxylic acids is 1. The summed E-state index contributed by atoms with van der Waals surface area (Å²) in [6, 6.07) is 11.5. The van der Waals surface area contributed by atoms with E-state index in [1.54, 1.807) is 0 Å². The topological polar surface area (TPSA) is 50.2 Å². The third kappa shape index (κ3) is 4.21. The summed E-state index contributed by atoms with van der Waals surface area (Å²) in [5, 5.41) is 2.61. The van der Waals surface area contributed by atoms with Gasteiger partial charge in [-0.15, -0.1) is 0 Å². The third-order valence-corrected chi connectivity index (χ3v) is 5.62. The molecule has 0 unspecified atom stereocenters. The average molecular weight is 412 g/mol. The quantitative estimate of drug-likeness (QED) is 0.658. The standard InChI is InChI=1S/C23H26F2N4O/c1-15(2)29-21-8-4-3-7-20(21)26-22(29)14-28-11-5-6-16(13-28)23(30)27-19-10-9-17(24)12-18(19)25/h3-4,7-10,12,15-16H,5-6,11,13-14H2,1-2H3,(H,27,30)/t16-/m1/s1. The molecule has 4 rings (SSSR count). The van der Waals surface area contributed by atoms with Crippen molar-refractivity contribution in [3.63, 3.8) is 0 Å². The molecule has 1 aromatic heterocycles. The number of nitrogens with zero attached hydrogens (tertiary/aromatic N) is 3. The minimum Gasteiger partial charge on any atom is -0.324 e. The van der Waals surface area contributed by atoms with E-state index < -0.39 is 11.6 Å². The minimum atomic E-state index is -0.762. The van der Waals surface area contributed by atoms with Gasteiger partial charge in [-0.1, -0.05) is 12.1 Å². The smallest absolute Gasteiger partial charge is 0.228 e. The van der Waals surface area contributed by atoms with Crippen molar-refractivity contribution in [3.05, 3.63) is 59.9 Å². The maximum absolute atomic E-state index is 13.9. The molecule has 0 aliphatic carbocycles. The van der Waals surface area contributed by atoms with Gasteiger partial charge in [-0.2, -0.15) is 0 Å². The summed E-state index contributed by atoms with van der Waals surface area (Å²) >= 11 is 0. The lowest BCUT2D eigenvalue weighted by molar-refractivity contribution is -0.121. The van der Waals surface area contributed by atoms with Gasteiger partial charge in [0.05, 0.1) is 29.2 Å². The Labute approximate surface area is 174 Å². The second-order valence-electron chi connectivity index (χ2n) is 8.17. The Morgan fingerprint density at radius 3 is 2.80 bits per heavy atom. The molecule has 7 heteroatoms. The van der Waals surface area contributed by atoms with Gasteiger partial charge in [0.15, 0.2) is 0 Å². The first-order valence-electron chi connectivity index (χ1n) is 10.4. The third-order valence-electron chi connectivity index (χ3n) is 5.62. The predicted octanol–water partition coefficient (Wildman–Crippen LogP) is 4.75. The molecule has 3 aromatic rings. The van der Waals surface area contributed by atoms with Crippen LogP contribution >= 0.6 is 0 Å². The van der Waals surface area contributed by atoms with Gasteiger partial charge in [0.1, 0.15) is 17.5 Å². The second-order valence-corrected chi connectivity index (χ2v) is 8.17. The number of piperidine rings is 1. The van der Waals surface area contributed by atoms with Gasteiger partial charge in [-0.3, -0.25) is 9.69 Å². The molecule has 1 aliphatic heterocycles. The van der Waals surface area contributed by atoms with E-state index in [2.05, 4.69) is 34.7 Å². The first-order chi connectivity index (χ1) is 14.4. The highest BCUT2D eigenvalue weighted by Gasteiger charge is 2.27. The van der Waals surface area contributed by atoms with Crippen LogP contribution in [-0.2, 0) is 11.3 Å². The van der Waals surface area contributed by atoms with Crippen molar-refractivity contribution in [2.45, 2.75) is 39.3 Å². The Balaban J connectivity index is 1.47. The summed E-state index contributed by atoms with van der Waals surface area (Å²) in [6.45, 7) is 6.40. The van der Waals surface area contributed by atoms with Gasteiger partial charge in [0, 0.05) is 18.7 Å². The first kappa shape index (κ1) is 20.5. The lowest BCUT2D eigenvalue weighted by Gasteiger charge is -2.32. The molecule has 1 fully saturated rings. The number of likely N-dealkylation sites (tertiary alicyclic amines) is 1. The highest BCUT2D eigenvalue weighted by Crippen LogP contribution is 2.25. The lowest BCUT2D eigenvalue weighted by atomic mass is 9.97. The Bertz CT molecular complexity index is 1060. The van der Waals surface area contributed by atoms with E-state index in [9.17, 15) is 13.6 Å². The van der Waals surface area contributed by atoms with Crippen molar-refractivity contribution in [3.8, 4) is 0 Å². The first-order valence-corrected chi connectivity index (χ1v) is 10.4. The fourth-order valence-corrected chi connectivity index (χ4v) is 4.22. The van der Waals surface area contributed by atoms with Crippen LogP contribution in [0.3, 0.4) is 0 Å². The monoisotopic (exact) mass is 412 g/mol. The zero-order valence-electron chi connectivity index (χ0n) is 17.2. The molecule has 1 amide bonds. The van der Waals surface area contributed by atoms with Crippen molar-refractivity contribution < 1.29 is 13.6 Å². The van der Waals surface area contributed by atoms with Crippen molar-refractivity contribution in [1.29, 1.82) is 0 Å². The Hall–Kier alpha value is -2.80. The summed E-state index contributed by atoms with van der Waals surface area (Å²) < 4.78 is 29.2. The minimum absolute atomic E-state index is 0.0140. The molecule has 2 aromatic carbocycles. The number of benzene rings is 2. The predicted molar refractivity (Wildman–Crippen MR) is 113 cm³/mol. The highest BCUT2D eigenvalue weighted by atomic mass is 19.1. The van der Waals surface area contributed by atoms with Crippen LogP contribution in [0.2, 0.25) is 0 Å². The zero-order chi connectivity index (χ0) is 21.3. The molecule has 1 saturated heterocycles. The maximum Gasteiger partial charge on any atom is 0.228 e. The molecule has 158 valence electrons. The van der Waals surface area contributed by atoms with E-state index >= 15 is 0 Å². The van der Waals surface area contributed by atoms with Crippen LogP contribution < -0.4 is 5.32 Å². The summed E-state index contributed by atoms with van der Waals surface area (Å²) in [5.41, 5.74) is 2.10. The number of fused-ring (bicyclic) bond motifs is 1. The van der Waals surface area contributed by atoms with Crippen LogP contribution in [0.1, 0.15) is 38.6 Å². The van der Waals surface area contributed by atoms with Crippen molar-refractivity contribution in [1.82, 2.24) is 14.5 Å². The van der Waals surface area contributed by atoms with Crippen molar-refractivity contribution in [2.75, 3.05) is 18.4 Å². The Kier molecular flexibility index (Phi) is 5.81. The number of imidazole rings is 1. The van der Waals surface area contributed by atoms with E-state index in [1.807, 2.05) is 18.2 Å². The molecule has 30 heavy (non-hydrogen) atoms. The van der Waals surface area contributed by atoms with E-state index in [4.69, 9.17) is 4.98 Å². The largest absolute Gasteiger partial charge is 0.324 e. The molecule has 2 heterocycles. The van der Waals surface area contributed by atoms with Crippen LogP contribution in [0.4, 0.5) is 14.5 Å². The van der Waals surface area contributed by atoms with E-state index in [1.165, 1.54) is 6.07 Å². The molecule has 0 radical (unpaired) electrons. The number of anilines is 1. The number of halogens is 2. The number of nitrogens with one attached hydrogen (secondary N) is 1. The van der Waals surface area contributed by atoms with Gasteiger partial charge in [-0.25, -0.2) is 13.8 Å². The highest BCUT2D eigenvalue weighted by molar-refractivity contribution is 5.92. The number of hydrogen-bond donors (Lipinski definition) is 1. The fourth-order valence-electron chi connectivity index (χ4n) is 4.22. The number of amides is 1. The molecule has 5 nitrogen and oxygen atoms in total. The van der Waals surface area contributed by atoms with Crippen LogP contribution in [0, 0.1) is 17.6 Å². The van der Waals surface area contributed by atoms with Crippen molar-refractivity contribution in [2.24, 2.45) is 5.92 Å². The summed E-state index contributed by atoms with van der Waals surface area (Å²) in [7, 11) is 0. The molecular formula is C23H26F2N4O. The van der Waals surface area contributed by atoms with Crippen LogP contribution in [0.15, 0.2) is 42.5 Å². The molecule has 0 spiro atoms. The SMILES string of the molecule is CC(C)n1c(CN2CCC[C@@H](C(=O)Nc3ccc(F)cc3F)C2)nc2ccccc21. The van der Waals surface area contributed by atoms with Gasteiger partial charge >= 0.3 is 0 Å².